The number of nitro benzene ring substituents is 1. The molecule has 5 aromatic rings. The molecule has 194 valence electrons. The fourth-order valence-electron chi connectivity index (χ4n) is 3.74. The summed E-state index contributed by atoms with van der Waals surface area (Å²) in [6.07, 6.45) is 1.39. The molecule has 0 atom stereocenters. The van der Waals surface area contributed by atoms with Gasteiger partial charge in [0, 0.05) is 44.9 Å². The molecule has 5 rings (SSSR count). The topological polar surface area (TPSA) is 123 Å². The number of amides is 1. The van der Waals surface area contributed by atoms with Gasteiger partial charge >= 0.3 is 0 Å². The van der Waals surface area contributed by atoms with Crippen LogP contribution in [0.2, 0.25) is 5.02 Å². The van der Waals surface area contributed by atoms with E-state index in [9.17, 15) is 14.9 Å². The Morgan fingerprint density at radius 2 is 1.85 bits per heavy atom. The van der Waals surface area contributed by atoms with Gasteiger partial charge in [0.15, 0.2) is 5.13 Å². The summed E-state index contributed by atoms with van der Waals surface area (Å²) in [7, 11) is 0. The van der Waals surface area contributed by atoms with Crippen LogP contribution in [0.1, 0.15) is 21.7 Å². The van der Waals surface area contributed by atoms with E-state index in [1.54, 1.807) is 49.4 Å². The summed E-state index contributed by atoms with van der Waals surface area (Å²) in [5.74, 6) is 0.587. The monoisotopic (exact) mass is 557 g/mol. The maximum absolute atomic E-state index is 12.5. The molecule has 11 heteroatoms. The molecule has 1 amide bonds. The van der Waals surface area contributed by atoms with Crippen LogP contribution in [0.15, 0.2) is 93.8 Å². The Morgan fingerprint density at radius 1 is 1.08 bits per heavy atom. The summed E-state index contributed by atoms with van der Waals surface area (Å²) >= 11 is 7.41. The molecule has 0 aliphatic rings. The van der Waals surface area contributed by atoms with Crippen molar-refractivity contribution in [3.8, 4) is 22.6 Å². The lowest BCUT2D eigenvalue weighted by Gasteiger charge is -2.03. The smallest absolute Gasteiger partial charge is 0.271 e. The molecule has 0 unspecified atom stereocenters. The molecule has 0 spiro atoms. The normalized spacial score (nSPS) is 11.0. The highest BCUT2D eigenvalue weighted by Gasteiger charge is 2.12. The van der Waals surface area contributed by atoms with Gasteiger partial charge in [-0.25, -0.2) is 10.4 Å². The number of nitrogens with zero attached hydrogens (tertiary/aromatic N) is 3. The number of furan rings is 1. The highest BCUT2D eigenvalue weighted by Crippen LogP contribution is 2.29. The van der Waals surface area contributed by atoms with Crippen LogP contribution in [0.5, 0.6) is 0 Å². The lowest BCUT2D eigenvalue weighted by atomic mass is 10.1. The lowest BCUT2D eigenvalue weighted by molar-refractivity contribution is -0.384. The van der Waals surface area contributed by atoms with E-state index in [1.165, 1.54) is 29.7 Å². The molecule has 0 saturated heterocycles. The Bertz CT molecular complexity index is 1680. The molecule has 2 N–H and O–H groups in total. The first kappa shape index (κ1) is 25.8. The second kappa shape index (κ2) is 11.3. The number of hydrogen-bond donors (Lipinski definition) is 2. The van der Waals surface area contributed by atoms with E-state index in [0.717, 1.165) is 27.6 Å². The van der Waals surface area contributed by atoms with Crippen LogP contribution in [0.4, 0.5) is 16.5 Å². The lowest BCUT2D eigenvalue weighted by Crippen LogP contribution is -2.17. The summed E-state index contributed by atoms with van der Waals surface area (Å²) in [5.41, 5.74) is 6.94. The van der Waals surface area contributed by atoms with Crippen molar-refractivity contribution in [1.82, 2.24) is 10.4 Å². The van der Waals surface area contributed by atoms with Crippen LogP contribution < -0.4 is 10.7 Å². The van der Waals surface area contributed by atoms with Crippen LogP contribution in [0, 0.1) is 17.0 Å². The summed E-state index contributed by atoms with van der Waals surface area (Å²) in [4.78, 5) is 27.6. The van der Waals surface area contributed by atoms with Gasteiger partial charge in [0.05, 0.1) is 16.8 Å². The molecule has 9 nitrogen and oxygen atoms in total. The number of anilines is 2. The number of nitrogens with one attached hydrogen (secondary N) is 2. The van der Waals surface area contributed by atoms with Crippen molar-refractivity contribution < 1.29 is 14.1 Å². The van der Waals surface area contributed by atoms with Gasteiger partial charge in [0.25, 0.3) is 11.6 Å². The molecule has 39 heavy (non-hydrogen) atoms. The number of nitro groups is 1. The van der Waals surface area contributed by atoms with Gasteiger partial charge in [-0.2, -0.15) is 5.10 Å². The first-order valence-corrected chi connectivity index (χ1v) is 12.9. The van der Waals surface area contributed by atoms with E-state index in [0.29, 0.717) is 27.7 Å². The first-order valence-electron chi connectivity index (χ1n) is 11.6. The zero-order chi connectivity index (χ0) is 27.4. The second-order valence-corrected chi connectivity index (χ2v) is 9.70. The van der Waals surface area contributed by atoms with Crippen molar-refractivity contribution in [1.29, 1.82) is 0 Å². The van der Waals surface area contributed by atoms with E-state index in [2.05, 4.69) is 20.8 Å². The highest BCUT2D eigenvalue weighted by atomic mass is 35.5. The third-order valence-corrected chi connectivity index (χ3v) is 6.72. The average molecular weight is 558 g/mol. The number of carbonyl (C=O) groups is 1. The molecule has 2 heterocycles. The summed E-state index contributed by atoms with van der Waals surface area (Å²) in [6, 6.07) is 22.4. The number of rotatable bonds is 8. The van der Waals surface area contributed by atoms with Gasteiger partial charge in [-0.1, -0.05) is 23.7 Å². The van der Waals surface area contributed by atoms with Crippen LogP contribution in [-0.2, 0) is 0 Å². The van der Waals surface area contributed by atoms with Crippen molar-refractivity contribution in [2.45, 2.75) is 6.92 Å². The molecule has 3 aromatic carbocycles. The summed E-state index contributed by atoms with van der Waals surface area (Å²) in [6.45, 7) is 1.77. The van der Waals surface area contributed by atoms with E-state index >= 15 is 0 Å². The number of hydrazone groups is 1. The SMILES string of the molecule is Cc1cc([N+](=O)[O-])ccc1-c1ccc(/C=N\NC(=O)c2ccc(-c3csc(Nc4ccc(Cl)cc4)n3)cc2)o1. The van der Waals surface area contributed by atoms with Crippen LogP contribution in [0.3, 0.4) is 0 Å². The zero-order valence-corrected chi connectivity index (χ0v) is 22.0. The van der Waals surface area contributed by atoms with E-state index in [4.69, 9.17) is 16.0 Å². The number of aryl methyl sites for hydroxylation is 1. The molecule has 0 saturated carbocycles. The number of aromatic nitrogens is 1. The molecule has 0 radical (unpaired) electrons. The Balaban J connectivity index is 1.18. The third-order valence-electron chi connectivity index (χ3n) is 5.71. The Hall–Kier alpha value is -4.80. The maximum atomic E-state index is 12.5. The summed E-state index contributed by atoms with van der Waals surface area (Å²) < 4.78 is 5.76. The van der Waals surface area contributed by atoms with Crippen LogP contribution in [0.25, 0.3) is 22.6 Å². The van der Waals surface area contributed by atoms with Crippen molar-refractivity contribution in [2.24, 2.45) is 5.10 Å². The molecular weight excluding hydrogens is 538 g/mol. The quantitative estimate of drug-likeness (QED) is 0.116. The Morgan fingerprint density at radius 3 is 2.56 bits per heavy atom. The second-order valence-electron chi connectivity index (χ2n) is 8.40. The predicted molar refractivity (Wildman–Crippen MR) is 153 cm³/mol. The van der Waals surface area contributed by atoms with Crippen molar-refractivity contribution in [2.75, 3.05) is 5.32 Å². The van der Waals surface area contributed by atoms with Gasteiger partial charge in [-0.05, 0) is 67.1 Å². The van der Waals surface area contributed by atoms with Gasteiger partial charge in [0.2, 0.25) is 0 Å². The molecule has 0 fully saturated rings. The number of thiazole rings is 1. The fraction of sp³-hybridized carbons (Fsp3) is 0.0357. The standard InChI is InChI=1S/C28H20ClN5O4S/c1-17-14-22(34(36)37)10-12-24(17)26-13-11-23(38-26)15-30-33-27(35)19-4-2-18(3-5-19)25-16-39-28(32-25)31-21-8-6-20(29)7-9-21/h2-16H,1H3,(H,31,32)(H,33,35)/b30-15-. The van der Waals surface area contributed by atoms with Gasteiger partial charge in [-0.3, -0.25) is 14.9 Å². The highest BCUT2D eigenvalue weighted by molar-refractivity contribution is 7.14. The zero-order valence-electron chi connectivity index (χ0n) is 20.4. The fourth-order valence-corrected chi connectivity index (χ4v) is 4.60. The molecule has 0 aliphatic heterocycles. The largest absolute Gasteiger partial charge is 0.455 e. The van der Waals surface area contributed by atoms with Crippen LogP contribution >= 0.6 is 22.9 Å². The van der Waals surface area contributed by atoms with Crippen LogP contribution in [-0.4, -0.2) is 22.0 Å². The third kappa shape index (κ3) is 6.20. The maximum Gasteiger partial charge on any atom is 0.271 e. The van der Waals surface area contributed by atoms with Crippen molar-refractivity contribution in [3.63, 3.8) is 0 Å². The molecule has 0 bridgehead atoms. The molecular formula is C28H20ClN5O4S. The van der Waals surface area contributed by atoms with Crippen molar-refractivity contribution >= 4 is 51.6 Å². The predicted octanol–water partition coefficient (Wildman–Crippen LogP) is 7.45. The number of halogens is 1. The number of hydrogen-bond acceptors (Lipinski definition) is 8. The van der Waals surface area contributed by atoms with E-state index in [-0.39, 0.29) is 11.6 Å². The summed E-state index contributed by atoms with van der Waals surface area (Å²) in [5, 5.41) is 21.5. The van der Waals surface area contributed by atoms with Gasteiger partial charge in [0.1, 0.15) is 11.5 Å². The van der Waals surface area contributed by atoms with E-state index in [1.807, 2.05) is 29.6 Å². The Kier molecular flexibility index (Phi) is 7.48. The number of benzene rings is 3. The van der Waals surface area contributed by atoms with Crippen molar-refractivity contribution in [3.05, 3.63) is 116 Å². The minimum Gasteiger partial charge on any atom is -0.455 e. The minimum atomic E-state index is -0.441. The van der Waals surface area contributed by atoms with E-state index < -0.39 is 4.92 Å². The molecule has 0 aliphatic carbocycles. The minimum absolute atomic E-state index is 0.0165. The first-order chi connectivity index (χ1) is 18.9. The number of carbonyl (C=O) groups excluding carboxylic acids is 1. The Labute approximate surface area is 231 Å². The molecule has 2 aromatic heterocycles. The number of non-ortho nitro benzene ring substituents is 1. The van der Waals surface area contributed by atoms with Gasteiger partial charge in [-0.15, -0.1) is 11.3 Å². The van der Waals surface area contributed by atoms with Gasteiger partial charge < -0.3 is 9.73 Å². The average Bonchev–Trinajstić information content (AvgIpc) is 3.60.